The monoisotopic (exact) mass is 223 g/mol. The zero-order valence-corrected chi connectivity index (χ0v) is 11.0. The number of nitrogens with one attached hydrogen (secondary N) is 1. The van der Waals surface area contributed by atoms with Crippen molar-refractivity contribution in [1.29, 1.82) is 0 Å². The van der Waals surface area contributed by atoms with E-state index in [1.54, 1.807) is 0 Å². The Bertz CT molecular complexity index is 289. The van der Waals surface area contributed by atoms with Crippen LogP contribution in [-0.2, 0) is 6.42 Å². The van der Waals surface area contributed by atoms with Gasteiger partial charge in [-0.05, 0) is 19.8 Å². The molecular formula is C13H25N3. The summed E-state index contributed by atoms with van der Waals surface area (Å²) in [7, 11) is 0. The lowest BCUT2D eigenvalue weighted by Gasteiger charge is -2.20. The van der Waals surface area contributed by atoms with Crippen molar-refractivity contribution in [2.24, 2.45) is 0 Å². The summed E-state index contributed by atoms with van der Waals surface area (Å²) in [6, 6.07) is 1.13. The fourth-order valence-electron chi connectivity index (χ4n) is 2.03. The van der Waals surface area contributed by atoms with Crippen LogP contribution in [0.15, 0.2) is 12.4 Å². The van der Waals surface area contributed by atoms with Gasteiger partial charge in [0, 0.05) is 37.4 Å². The average molecular weight is 223 g/mol. The first kappa shape index (κ1) is 13.2. The van der Waals surface area contributed by atoms with Crippen LogP contribution in [0, 0.1) is 0 Å². The van der Waals surface area contributed by atoms with Crippen LogP contribution in [-0.4, -0.2) is 22.1 Å². The Kier molecular flexibility index (Phi) is 5.53. The Balaban J connectivity index is 2.49. The molecule has 16 heavy (non-hydrogen) atoms. The highest BCUT2D eigenvalue weighted by molar-refractivity contribution is 4.94. The molecule has 0 amide bonds. The quantitative estimate of drug-likeness (QED) is 0.770. The Hall–Kier alpha value is -0.830. The van der Waals surface area contributed by atoms with Gasteiger partial charge in [0.2, 0.25) is 0 Å². The third-order valence-electron chi connectivity index (χ3n) is 3.23. The number of rotatable bonds is 7. The van der Waals surface area contributed by atoms with Crippen molar-refractivity contribution in [1.82, 2.24) is 14.9 Å². The standard InChI is InChI=1S/C13H25N3/c1-5-12(6-2)15-10-11(4)16-9-8-14-13(16)7-3/h8-9,11-12,15H,5-7,10H2,1-4H3. The zero-order chi connectivity index (χ0) is 12.0. The van der Waals surface area contributed by atoms with Gasteiger partial charge in [0.25, 0.3) is 0 Å². The third kappa shape index (κ3) is 3.34. The maximum atomic E-state index is 4.36. The molecule has 3 heteroatoms. The number of aryl methyl sites for hydroxylation is 1. The molecule has 3 nitrogen and oxygen atoms in total. The highest BCUT2D eigenvalue weighted by atomic mass is 15.1. The molecule has 1 atom stereocenters. The lowest BCUT2D eigenvalue weighted by atomic mass is 10.1. The molecule has 92 valence electrons. The number of aromatic nitrogens is 2. The maximum absolute atomic E-state index is 4.36. The van der Waals surface area contributed by atoms with Crippen molar-refractivity contribution in [3.8, 4) is 0 Å². The SMILES string of the molecule is CCc1nccn1C(C)CNC(CC)CC. The number of hydrogen-bond donors (Lipinski definition) is 1. The van der Waals surface area contributed by atoms with Gasteiger partial charge >= 0.3 is 0 Å². The van der Waals surface area contributed by atoms with Crippen molar-refractivity contribution >= 4 is 0 Å². The van der Waals surface area contributed by atoms with E-state index in [1.165, 1.54) is 18.7 Å². The fourth-order valence-corrected chi connectivity index (χ4v) is 2.03. The van der Waals surface area contributed by atoms with Crippen LogP contribution in [0.2, 0.25) is 0 Å². The molecule has 1 N–H and O–H groups in total. The summed E-state index contributed by atoms with van der Waals surface area (Å²) in [6.07, 6.45) is 7.38. The summed E-state index contributed by atoms with van der Waals surface area (Å²) < 4.78 is 2.27. The van der Waals surface area contributed by atoms with Crippen molar-refractivity contribution < 1.29 is 0 Å². The zero-order valence-electron chi connectivity index (χ0n) is 11.0. The second-order valence-corrected chi connectivity index (χ2v) is 4.37. The summed E-state index contributed by atoms with van der Waals surface area (Å²) >= 11 is 0. The highest BCUT2D eigenvalue weighted by Gasteiger charge is 2.10. The molecule has 1 heterocycles. The molecule has 0 saturated carbocycles. The predicted octanol–water partition coefficient (Wildman–Crippen LogP) is 2.78. The molecule has 0 fully saturated rings. The molecule has 1 rings (SSSR count). The smallest absolute Gasteiger partial charge is 0.108 e. The van der Waals surface area contributed by atoms with Crippen molar-refractivity contribution in [2.45, 2.75) is 59.0 Å². The average Bonchev–Trinajstić information content (AvgIpc) is 2.78. The summed E-state index contributed by atoms with van der Waals surface area (Å²) in [5.41, 5.74) is 0. The molecule has 0 aromatic carbocycles. The second kappa shape index (κ2) is 6.69. The summed E-state index contributed by atoms with van der Waals surface area (Å²) in [6.45, 7) is 9.90. The second-order valence-electron chi connectivity index (χ2n) is 4.37. The molecule has 0 aliphatic heterocycles. The first-order valence-corrected chi connectivity index (χ1v) is 6.47. The molecule has 0 bridgehead atoms. The van der Waals surface area contributed by atoms with E-state index < -0.39 is 0 Å². The van der Waals surface area contributed by atoms with Gasteiger partial charge in [0.15, 0.2) is 0 Å². The molecule has 0 radical (unpaired) electrons. The van der Waals surface area contributed by atoms with Crippen LogP contribution in [0.3, 0.4) is 0 Å². The Morgan fingerprint density at radius 3 is 2.56 bits per heavy atom. The molecule has 1 aromatic rings. The van der Waals surface area contributed by atoms with Gasteiger partial charge < -0.3 is 9.88 Å². The van der Waals surface area contributed by atoms with E-state index in [0.29, 0.717) is 12.1 Å². The minimum absolute atomic E-state index is 0.484. The van der Waals surface area contributed by atoms with Gasteiger partial charge in [-0.25, -0.2) is 4.98 Å². The number of nitrogens with zero attached hydrogens (tertiary/aromatic N) is 2. The Morgan fingerprint density at radius 2 is 2.00 bits per heavy atom. The molecule has 0 spiro atoms. The topological polar surface area (TPSA) is 29.9 Å². The van der Waals surface area contributed by atoms with Crippen LogP contribution in [0.1, 0.15) is 52.4 Å². The first-order valence-electron chi connectivity index (χ1n) is 6.47. The van der Waals surface area contributed by atoms with E-state index in [0.717, 1.165) is 13.0 Å². The fraction of sp³-hybridized carbons (Fsp3) is 0.769. The Labute approximate surface area is 99.3 Å². The lowest BCUT2D eigenvalue weighted by molar-refractivity contribution is 0.415. The molecule has 1 aromatic heterocycles. The maximum Gasteiger partial charge on any atom is 0.108 e. The van der Waals surface area contributed by atoms with E-state index in [9.17, 15) is 0 Å². The largest absolute Gasteiger partial charge is 0.331 e. The third-order valence-corrected chi connectivity index (χ3v) is 3.23. The van der Waals surface area contributed by atoms with Gasteiger partial charge in [0.1, 0.15) is 5.82 Å². The van der Waals surface area contributed by atoms with Crippen LogP contribution in [0.5, 0.6) is 0 Å². The van der Waals surface area contributed by atoms with E-state index in [1.807, 2.05) is 6.20 Å². The number of hydrogen-bond acceptors (Lipinski definition) is 2. The van der Waals surface area contributed by atoms with E-state index >= 15 is 0 Å². The lowest BCUT2D eigenvalue weighted by Crippen LogP contribution is -2.32. The minimum atomic E-state index is 0.484. The van der Waals surface area contributed by atoms with Crippen molar-refractivity contribution in [3.63, 3.8) is 0 Å². The molecular weight excluding hydrogens is 198 g/mol. The summed E-state index contributed by atoms with van der Waals surface area (Å²) in [5, 5.41) is 3.61. The molecule has 0 saturated heterocycles. The highest BCUT2D eigenvalue weighted by Crippen LogP contribution is 2.09. The van der Waals surface area contributed by atoms with E-state index in [-0.39, 0.29) is 0 Å². The van der Waals surface area contributed by atoms with Crippen LogP contribution in [0.4, 0.5) is 0 Å². The van der Waals surface area contributed by atoms with Gasteiger partial charge in [-0.15, -0.1) is 0 Å². The van der Waals surface area contributed by atoms with Crippen LogP contribution in [0.25, 0.3) is 0 Å². The minimum Gasteiger partial charge on any atom is -0.331 e. The van der Waals surface area contributed by atoms with Crippen molar-refractivity contribution in [3.05, 3.63) is 18.2 Å². The van der Waals surface area contributed by atoms with E-state index in [2.05, 4.69) is 48.8 Å². The molecule has 0 aliphatic rings. The Morgan fingerprint density at radius 1 is 1.31 bits per heavy atom. The van der Waals surface area contributed by atoms with Crippen molar-refractivity contribution in [2.75, 3.05) is 6.54 Å². The van der Waals surface area contributed by atoms with Gasteiger partial charge in [-0.2, -0.15) is 0 Å². The van der Waals surface area contributed by atoms with Gasteiger partial charge in [0.05, 0.1) is 0 Å². The molecule has 1 unspecified atom stereocenters. The van der Waals surface area contributed by atoms with Gasteiger partial charge in [-0.3, -0.25) is 0 Å². The van der Waals surface area contributed by atoms with Gasteiger partial charge in [-0.1, -0.05) is 20.8 Å². The van der Waals surface area contributed by atoms with E-state index in [4.69, 9.17) is 0 Å². The molecule has 0 aliphatic carbocycles. The van der Waals surface area contributed by atoms with Crippen LogP contribution < -0.4 is 5.32 Å². The van der Waals surface area contributed by atoms with Crippen LogP contribution >= 0.6 is 0 Å². The summed E-state index contributed by atoms with van der Waals surface area (Å²) in [5.74, 6) is 1.18. The first-order chi connectivity index (χ1) is 7.72. The normalized spacial score (nSPS) is 13.3. The number of imidazole rings is 1. The predicted molar refractivity (Wildman–Crippen MR) is 68.7 cm³/mol. The summed E-state index contributed by atoms with van der Waals surface area (Å²) in [4.78, 5) is 4.36.